The predicted molar refractivity (Wildman–Crippen MR) is 70.6 cm³/mol. The number of para-hydroxylation sites is 1. The van der Waals surface area contributed by atoms with E-state index < -0.39 is 0 Å². The van der Waals surface area contributed by atoms with Crippen LogP contribution in [0, 0.1) is 10.1 Å². The van der Waals surface area contributed by atoms with Crippen molar-refractivity contribution < 1.29 is 9.66 Å². The van der Waals surface area contributed by atoms with Gasteiger partial charge in [0, 0.05) is 17.5 Å². The van der Waals surface area contributed by atoms with Gasteiger partial charge in [0.1, 0.15) is 12.4 Å². The maximum Gasteiger partial charge on any atom is 0.207 e. The predicted octanol–water partition coefficient (Wildman–Crippen LogP) is 2.48. The van der Waals surface area contributed by atoms with Crippen LogP contribution < -0.4 is 4.74 Å². The molecule has 98 valence electrons. The third kappa shape index (κ3) is 4.06. The molecule has 0 unspecified atom stereocenters. The van der Waals surface area contributed by atoms with Gasteiger partial charge in [0.05, 0.1) is 5.69 Å². The summed E-state index contributed by atoms with van der Waals surface area (Å²) < 4.78 is 5.61. The van der Waals surface area contributed by atoms with E-state index in [1.165, 1.54) is 0 Å². The first-order chi connectivity index (χ1) is 9.25. The van der Waals surface area contributed by atoms with Gasteiger partial charge in [-0.25, -0.2) is 0 Å². The Kier molecular flexibility index (Phi) is 4.44. The van der Waals surface area contributed by atoms with Gasteiger partial charge in [0.25, 0.3) is 0 Å². The van der Waals surface area contributed by atoms with Gasteiger partial charge in [-0.2, -0.15) is 0 Å². The molecule has 0 aliphatic heterocycles. The summed E-state index contributed by atoms with van der Waals surface area (Å²) in [5.74, 6) is 0.758. The zero-order valence-electron chi connectivity index (χ0n) is 10.4. The monoisotopic (exact) mass is 258 g/mol. The van der Waals surface area contributed by atoms with Crippen molar-refractivity contribution >= 4 is 0 Å². The number of nitro groups is 1. The maximum absolute atomic E-state index is 10.4. The molecule has 0 saturated heterocycles. The summed E-state index contributed by atoms with van der Waals surface area (Å²) in [6.07, 6.45) is 2.04. The number of hydrogen-bond donors (Lipinski definition) is 0. The van der Waals surface area contributed by atoms with Gasteiger partial charge in [-0.3, -0.25) is 15.1 Å². The number of ether oxygens (including phenoxy) is 1. The maximum atomic E-state index is 10.4. The van der Waals surface area contributed by atoms with E-state index in [0.29, 0.717) is 13.0 Å². The van der Waals surface area contributed by atoms with Crippen molar-refractivity contribution in [1.29, 1.82) is 0 Å². The molecule has 19 heavy (non-hydrogen) atoms. The number of hydrogen-bond acceptors (Lipinski definition) is 4. The van der Waals surface area contributed by atoms with Crippen molar-refractivity contribution in [2.45, 2.75) is 13.0 Å². The van der Waals surface area contributed by atoms with E-state index in [2.05, 4.69) is 4.98 Å². The zero-order chi connectivity index (χ0) is 13.5. The molecule has 0 amide bonds. The summed E-state index contributed by atoms with van der Waals surface area (Å²) >= 11 is 0. The summed E-state index contributed by atoms with van der Waals surface area (Å²) in [6, 6.07) is 13.0. The SMILES string of the molecule is O=[N+]([O-])CCc1cccnc1COc1ccccc1. The molecule has 0 N–H and O–H groups in total. The molecule has 1 heterocycles. The Bertz CT molecular complexity index is 543. The Morgan fingerprint density at radius 3 is 2.68 bits per heavy atom. The van der Waals surface area contributed by atoms with Crippen LogP contribution in [0.15, 0.2) is 48.7 Å². The lowest BCUT2D eigenvalue weighted by atomic mass is 10.1. The van der Waals surface area contributed by atoms with Gasteiger partial charge >= 0.3 is 0 Å². The first kappa shape index (κ1) is 13.0. The standard InChI is InChI=1S/C14H14N2O3/c17-16(18)10-8-12-5-4-9-15-14(12)11-19-13-6-2-1-3-7-13/h1-7,9H,8,10-11H2. The molecule has 0 fully saturated rings. The molecule has 0 bridgehead atoms. The van der Waals surface area contributed by atoms with Crippen LogP contribution in [-0.4, -0.2) is 16.5 Å². The highest BCUT2D eigenvalue weighted by Gasteiger charge is 2.07. The van der Waals surface area contributed by atoms with Crippen LogP contribution in [0.3, 0.4) is 0 Å². The quantitative estimate of drug-likeness (QED) is 0.589. The van der Waals surface area contributed by atoms with Gasteiger partial charge in [-0.05, 0) is 23.8 Å². The normalized spacial score (nSPS) is 10.1. The van der Waals surface area contributed by atoms with E-state index in [1.807, 2.05) is 36.4 Å². The molecular weight excluding hydrogens is 244 g/mol. The highest BCUT2D eigenvalue weighted by Crippen LogP contribution is 2.13. The van der Waals surface area contributed by atoms with Gasteiger partial charge in [0.15, 0.2) is 0 Å². The van der Waals surface area contributed by atoms with Crippen LogP contribution in [0.25, 0.3) is 0 Å². The van der Waals surface area contributed by atoms with Crippen molar-refractivity contribution in [2.75, 3.05) is 6.54 Å². The number of aromatic nitrogens is 1. The van der Waals surface area contributed by atoms with E-state index in [-0.39, 0.29) is 11.5 Å². The van der Waals surface area contributed by atoms with Gasteiger partial charge in [-0.15, -0.1) is 0 Å². The number of rotatable bonds is 6. The first-order valence-electron chi connectivity index (χ1n) is 5.98. The van der Waals surface area contributed by atoms with E-state index >= 15 is 0 Å². The Hall–Kier alpha value is -2.43. The fraction of sp³-hybridized carbons (Fsp3) is 0.214. The fourth-order valence-corrected chi connectivity index (χ4v) is 1.71. The molecule has 5 heteroatoms. The molecule has 1 aromatic heterocycles. The van der Waals surface area contributed by atoms with Crippen LogP contribution in [-0.2, 0) is 13.0 Å². The minimum absolute atomic E-state index is 0.0932. The second-order valence-corrected chi connectivity index (χ2v) is 4.02. The molecule has 2 rings (SSSR count). The number of pyridine rings is 1. The lowest BCUT2D eigenvalue weighted by Gasteiger charge is -2.08. The molecule has 0 aliphatic carbocycles. The van der Waals surface area contributed by atoms with Crippen molar-refractivity contribution in [3.63, 3.8) is 0 Å². The van der Waals surface area contributed by atoms with Crippen LogP contribution in [0.1, 0.15) is 11.3 Å². The first-order valence-corrected chi connectivity index (χ1v) is 5.98. The lowest BCUT2D eigenvalue weighted by molar-refractivity contribution is -0.479. The fourth-order valence-electron chi connectivity index (χ4n) is 1.71. The van der Waals surface area contributed by atoms with E-state index in [0.717, 1.165) is 17.0 Å². The summed E-state index contributed by atoms with van der Waals surface area (Å²) in [6.45, 7) is 0.224. The van der Waals surface area contributed by atoms with E-state index in [4.69, 9.17) is 4.74 Å². The molecular formula is C14H14N2O3. The van der Waals surface area contributed by atoms with Gasteiger partial charge < -0.3 is 4.74 Å². The van der Waals surface area contributed by atoms with E-state index in [9.17, 15) is 10.1 Å². The number of nitrogens with zero attached hydrogens (tertiary/aromatic N) is 2. The third-order valence-electron chi connectivity index (χ3n) is 2.67. The van der Waals surface area contributed by atoms with Crippen molar-refractivity contribution in [3.05, 3.63) is 70.0 Å². The highest BCUT2D eigenvalue weighted by atomic mass is 16.6. The summed E-state index contributed by atoms with van der Waals surface area (Å²) in [5.41, 5.74) is 1.60. The third-order valence-corrected chi connectivity index (χ3v) is 2.67. The molecule has 5 nitrogen and oxygen atoms in total. The van der Waals surface area contributed by atoms with Crippen LogP contribution >= 0.6 is 0 Å². The van der Waals surface area contributed by atoms with Crippen LogP contribution in [0.5, 0.6) is 5.75 Å². The number of benzene rings is 1. The summed E-state index contributed by atoms with van der Waals surface area (Å²) in [4.78, 5) is 14.3. The van der Waals surface area contributed by atoms with E-state index in [1.54, 1.807) is 12.3 Å². The average molecular weight is 258 g/mol. The van der Waals surface area contributed by atoms with Crippen molar-refractivity contribution in [2.24, 2.45) is 0 Å². The van der Waals surface area contributed by atoms with Gasteiger partial charge in [-0.1, -0.05) is 24.3 Å². The molecule has 0 saturated carbocycles. The van der Waals surface area contributed by atoms with Crippen molar-refractivity contribution in [3.8, 4) is 5.75 Å². The molecule has 0 radical (unpaired) electrons. The molecule has 2 aromatic rings. The summed E-state index contributed by atoms with van der Waals surface area (Å²) in [7, 11) is 0. The Morgan fingerprint density at radius 1 is 1.16 bits per heavy atom. The smallest absolute Gasteiger partial charge is 0.207 e. The molecule has 0 atom stereocenters. The van der Waals surface area contributed by atoms with Crippen LogP contribution in [0.2, 0.25) is 0 Å². The second-order valence-electron chi connectivity index (χ2n) is 4.02. The largest absolute Gasteiger partial charge is 0.487 e. The Balaban J connectivity index is 2.01. The van der Waals surface area contributed by atoms with Crippen molar-refractivity contribution in [1.82, 2.24) is 4.98 Å². The Labute approximate surface area is 111 Å². The lowest BCUT2D eigenvalue weighted by Crippen LogP contribution is -2.08. The van der Waals surface area contributed by atoms with Gasteiger partial charge in [0.2, 0.25) is 6.54 Å². The Morgan fingerprint density at radius 2 is 1.95 bits per heavy atom. The zero-order valence-corrected chi connectivity index (χ0v) is 10.4. The summed E-state index contributed by atoms with van der Waals surface area (Å²) in [5, 5.41) is 10.4. The molecule has 0 spiro atoms. The minimum atomic E-state index is -0.325. The van der Waals surface area contributed by atoms with Crippen LogP contribution in [0.4, 0.5) is 0 Å². The highest BCUT2D eigenvalue weighted by molar-refractivity contribution is 5.23. The topological polar surface area (TPSA) is 65.3 Å². The second kappa shape index (κ2) is 6.49. The average Bonchev–Trinajstić information content (AvgIpc) is 2.45. The molecule has 1 aromatic carbocycles. The minimum Gasteiger partial charge on any atom is -0.487 e. The molecule has 0 aliphatic rings.